The minimum absolute atomic E-state index is 0.0394. The molecule has 78 valence electrons. The summed E-state index contributed by atoms with van der Waals surface area (Å²) in [6.45, 7) is 4.13. The van der Waals surface area contributed by atoms with Gasteiger partial charge in [0.2, 0.25) is 5.91 Å². The molecule has 0 aromatic carbocycles. The van der Waals surface area contributed by atoms with E-state index in [1.165, 1.54) is 6.92 Å². The number of hydrogen-bond donors (Lipinski definition) is 2. The Balaban J connectivity index is 0. The first kappa shape index (κ1) is 14.3. The van der Waals surface area contributed by atoms with Crippen molar-refractivity contribution in [3.63, 3.8) is 0 Å². The van der Waals surface area contributed by atoms with E-state index in [1.807, 2.05) is 6.92 Å². The molecule has 0 saturated carbocycles. The van der Waals surface area contributed by atoms with Gasteiger partial charge in [0.15, 0.2) is 0 Å². The first-order valence-corrected chi connectivity index (χ1v) is 3.26. The lowest BCUT2D eigenvalue weighted by atomic mass is 10.6. The number of carboxylic acid groups (broad SMARTS) is 1. The number of carboxylic acids is 1. The molecule has 0 aliphatic heterocycles. The summed E-state index contributed by atoms with van der Waals surface area (Å²) >= 11 is 0. The fraction of sp³-hybridized carbons (Fsp3) is 0.667. The molecule has 0 aliphatic rings. The van der Waals surface area contributed by atoms with E-state index in [-0.39, 0.29) is 5.91 Å². The number of alkyl halides is 3. The Kier molecular flexibility index (Phi) is 6.88. The Bertz CT molecular complexity index is 178. The molecule has 1 amide bonds. The SMILES string of the molecule is CCNC(C)=O.O=C(O)C(F)(F)F. The van der Waals surface area contributed by atoms with Gasteiger partial charge in [0.05, 0.1) is 0 Å². The smallest absolute Gasteiger partial charge is 0.475 e. The van der Waals surface area contributed by atoms with Gasteiger partial charge in [0, 0.05) is 13.5 Å². The van der Waals surface area contributed by atoms with E-state index < -0.39 is 12.1 Å². The molecule has 7 heteroatoms. The summed E-state index contributed by atoms with van der Waals surface area (Å²) in [6, 6.07) is 0. The summed E-state index contributed by atoms with van der Waals surface area (Å²) in [5.74, 6) is -2.72. The van der Waals surface area contributed by atoms with Crippen molar-refractivity contribution < 1.29 is 27.9 Å². The lowest BCUT2D eigenvalue weighted by molar-refractivity contribution is -0.192. The molecule has 0 rings (SSSR count). The van der Waals surface area contributed by atoms with Crippen molar-refractivity contribution in [1.29, 1.82) is 0 Å². The Morgan fingerprint density at radius 2 is 1.69 bits per heavy atom. The molecule has 0 fully saturated rings. The van der Waals surface area contributed by atoms with Crippen LogP contribution in [-0.2, 0) is 9.59 Å². The minimum atomic E-state index is -5.08. The molecule has 0 aliphatic carbocycles. The lowest BCUT2D eigenvalue weighted by Gasteiger charge is -1.93. The lowest BCUT2D eigenvalue weighted by Crippen LogP contribution is -2.21. The van der Waals surface area contributed by atoms with Gasteiger partial charge in [-0.15, -0.1) is 0 Å². The van der Waals surface area contributed by atoms with Crippen LogP contribution in [0.1, 0.15) is 13.8 Å². The van der Waals surface area contributed by atoms with Crippen molar-refractivity contribution in [2.45, 2.75) is 20.0 Å². The number of carbonyl (C=O) groups excluding carboxylic acids is 1. The monoisotopic (exact) mass is 201 g/mol. The van der Waals surface area contributed by atoms with Crippen LogP contribution in [0.3, 0.4) is 0 Å². The zero-order valence-corrected chi connectivity index (χ0v) is 7.10. The molecule has 0 aromatic rings. The fourth-order valence-electron chi connectivity index (χ4n) is 0.249. The van der Waals surface area contributed by atoms with Gasteiger partial charge >= 0.3 is 12.1 Å². The van der Waals surface area contributed by atoms with Crippen LogP contribution in [-0.4, -0.2) is 29.7 Å². The van der Waals surface area contributed by atoms with Crippen LogP contribution >= 0.6 is 0 Å². The molecule has 0 bridgehead atoms. The molecule has 0 aromatic heterocycles. The van der Waals surface area contributed by atoms with Crippen molar-refractivity contribution in [2.24, 2.45) is 0 Å². The van der Waals surface area contributed by atoms with E-state index in [1.54, 1.807) is 0 Å². The molecule has 0 heterocycles. The molecule has 4 nitrogen and oxygen atoms in total. The zero-order chi connectivity index (χ0) is 11.1. The van der Waals surface area contributed by atoms with E-state index in [9.17, 15) is 18.0 Å². The van der Waals surface area contributed by atoms with Gasteiger partial charge in [-0.1, -0.05) is 0 Å². The molecular weight excluding hydrogens is 191 g/mol. The Morgan fingerprint density at radius 1 is 1.38 bits per heavy atom. The van der Waals surface area contributed by atoms with Crippen LogP contribution in [0, 0.1) is 0 Å². The second kappa shape index (κ2) is 6.27. The van der Waals surface area contributed by atoms with E-state index in [4.69, 9.17) is 9.90 Å². The summed E-state index contributed by atoms with van der Waals surface area (Å²) in [6.07, 6.45) is -5.08. The fourth-order valence-corrected chi connectivity index (χ4v) is 0.249. The highest BCUT2D eigenvalue weighted by Crippen LogP contribution is 2.13. The number of halogens is 3. The van der Waals surface area contributed by atoms with Crippen molar-refractivity contribution in [3.8, 4) is 0 Å². The van der Waals surface area contributed by atoms with Crippen LogP contribution in [0.4, 0.5) is 13.2 Å². The van der Waals surface area contributed by atoms with Crippen molar-refractivity contribution in [2.75, 3.05) is 6.54 Å². The predicted molar refractivity (Wildman–Crippen MR) is 38.0 cm³/mol. The number of nitrogens with one attached hydrogen (secondary N) is 1. The molecule has 13 heavy (non-hydrogen) atoms. The third kappa shape index (κ3) is 13.7. The maximum Gasteiger partial charge on any atom is 0.490 e. The zero-order valence-electron chi connectivity index (χ0n) is 7.10. The first-order chi connectivity index (χ1) is 5.71. The summed E-state index contributed by atoms with van der Waals surface area (Å²) in [5.41, 5.74) is 0. The number of rotatable bonds is 1. The highest BCUT2D eigenvalue weighted by Gasteiger charge is 2.38. The molecule has 0 saturated heterocycles. The second-order valence-corrected chi connectivity index (χ2v) is 1.89. The summed E-state index contributed by atoms with van der Waals surface area (Å²) < 4.78 is 31.7. The standard InChI is InChI=1S/C4H9NO.C2HF3O2/c1-3-5-4(2)6;3-2(4,5)1(6)7/h3H2,1-2H3,(H,5,6);(H,6,7). The van der Waals surface area contributed by atoms with E-state index in [2.05, 4.69) is 5.32 Å². The van der Waals surface area contributed by atoms with Gasteiger partial charge in [-0.2, -0.15) is 13.2 Å². The topological polar surface area (TPSA) is 66.4 Å². The molecule has 0 atom stereocenters. The molecule has 0 unspecified atom stereocenters. The number of hydrogen-bond acceptors (Lipinski definition) is 2. The summed E-state index contributed by atoms with van der Waals surface area (Å²) in [5, 5.41) is 9.69. The highest BCUT2D eigenvalue weighted by atomic mass is 19.4. The van der Waals surface area contributed by atoms with Crippen molar-refractivity contribution in [1.82, 2.24) is 5.32 Å². The van der Waals surface area contributed by atoms with Gasteiger partial charge in [0.1, 0.15) is 0 Å². The van der Waals surface area contributed by atoms with Gasteiger partial charge in [-0.25, -0.2) is 4.79 Å². The van der Waals surface area contributed by atoms with Crippen LogP contribution in [0.25, 0.3) is 0 Å². The highest BCUT2D eigenvalue weighted by molar-refractivity contribution is 5.73. The third-order valence-corrected chi connectivity index (χ3v) is 0.668. The quantitative estimate of drug-likeness (QED) is 0.658. The Labute approximate surface area is 72.7 Å². The van der Waals surface area contributed by atoms with E-state index >= 15 is 0 Å². The largest absolute Gasteiger partial charge is 0.490 e. The molecule has 2 N–H and O–H groups in total. The number of amides is 1. The van der Waals surface area contributed by atoms with Gasteiger partial charge in [0.25, 0.3) is 0 Å². The van der Waals surface area contributed by atoms with Crippen LogP contribution in [0.15, 0.2) is 0 Å². The van der Waals surface area contributed by atoms with Crippen LogP contribution < -0.4 is 5.32 Å². The van der Waals surface area contributed by atoms with E-state index in [0.29, 0.717) is 0 Å². The number of aliphatic carboxylic acids is 1. The maximum absolute atomic E-state index is 10.6. The van der Waals surface area contributed by atoms with Crippen LogP contribution in [0.5, 0.6) is 0 Å². The average molecular weight is 201 g/mol. The normalized spacial score (nSPS) is 9.62. The maximum atomic E-state index is 10.6. The Hall–Kier alpha value is -1.27. The average Bonchev–Trinajstić information content (AvgIpc) is 1.85. The van der Waals surface area contributed by atoms with Crippen LogP contribution in [0.2, 0.25) is 0 Å². The summed E-state index contributed by atoms with van der Waals surface area (Å²) in [4.78, 5) is 18.8. The van der Waals surface area contributed by atoms with Crippen molar-refractivity contribution in [3.05, 3.63) is 0 Å². The first-order valence-electron chi connectivity index (χ1n) is 3.26. The molecule has 0 radical (unpaired) electrons. The number of carbonyl (C=O) groups is 2. The molecular formula is C6H10F3NO3. The molecule has 0 spiro atoms. The van der Waals surface area contributed by atoms with Crippen molar-refractivity contribution >= 4 is 11.9 Å². The van der Waals surface area contributed by atoms with Gasteiger partial charge in [-0.05, 0) is 6.92 Å². The Morgan fingerprint density at radius 3 is 1.69 bits per heavy atom. The van der Waals surface area contributed by atoms with E-state index in [0.717, 1.165) is 6.54 Å². The van der Waals surface area contributed by atoms with Gasteiger partial charge < -0.3 is 10.4 Å². The summed E-state index contributed by atoms with van der Waals surface area (Å²) in [7, 11) is 0. The van der Waals surface area contributed by atoms with Gasteiger partial charge in [-0.3, -0.25) is 4.79 Å². The third-order valence-electron chi connectivity index (χ3n) is 0.668. The predicted octanol–water partition coefficient (Wildman–Crippen LogP) is 0.776. The second-order valence-electron chi connectivity index (χ2n) is 1.89. The minimum Gasteiger partial charge on any atom is -0.475 e.